The zero-order chi connectivity index (χ0) is 14.8. The van der Waals surface area contributed by atoms with Crippen LogP contribution in [-0.4, -0.2) is 38.2 Å². The number of benzene rings is 1. The first-order valence-electron chi connectivity index (χ1n) is 5.64. The number of thiazole rings is 1. The molecular formula is C12H13N3O3S2. The summed E-state index contributed by atoms with van der Waals surface area (Å²) >= 11 is 1.30. The average Bonchev–Trinajstić information content (AvgIpc) is 2.88. The average molecular weight is 311 g/mol. The fourth-order valence-electron chi connectivity index (χ4n) is 1.53. The highest BCUT2D eigenvalue weighted by atomic mass is 32.2. The molecule has 1 heterocycles. The molecule has 0 radical (unpaired) electrons. The molecule has 0 unspecified atom stereocenters. The minimum Gasteiger partial charge on any atom is -0.305 e. The Morgan fingerprint density at radius 2 is 1.90 bits per heavy atom. The molecule has 0 aliphatic heterocycles. The van der Waals surface area contributed by atoms with Crippen molar-refractivity contribution in [1.82, 2.24) is 9.29 Å². The molecule has 1 aromatic heterocycles. The first kappa shape index (κ1) is 14.6. The first-order valence-corrected chi connectivity index (χ1v) is 7.96. The SMILES string of the molecule is CN(C)S(=O)(=O)c1ccc(-c2csc(NC=O)n2)cc1. The lowest BCUT2D eigenvalue weighted by atomic mass is 10.2. The number of aromatic nitrogens is 1. The van der Waals surface area contributed by atoms with Crippen LogP contribution >= 0.6 is 11.3 Å². The largest absolute Gasteiger partial charge is 0.305 e. The summed E-state index contributed by atoms with van der Waals surface area (Å²) < 4.78 is 25.0. The molecule has 8 heteroatoms. The molecule has 0 saturated heterocycles. The van der Waals surface area contributed by atoms with E-state index in [0.717, 1.165) is 9.87 Å². The second-order valence-electron chi connectivity index (χ2n) is 4.11. The van der Waals surface area contributed by atoms with Crippen LogP contribution in [0.3, 0.4) is 0 Å². The van der Waals surface area contributed by atoms with Gasteiger partial charge < -0.3 is 5.32 Å². The molecule has 0 saturated carbocycles. The molecule has 0 spiro atoms. The lowest BCUT2D eigenvalue weighted by Gasteiger charge is -2.11. The number of hydrogen-bond acceptors (Lipinski definition) is 5. The van der Waals surface area contributed by atoms with Gasteiger partial charge >= 0.3 is 0 Å². The van der Waals surface area contributed by atoms with Crippen LogP contribution in [-0.2, 0) is 14.8 Å². The van der Waals surface area contributed by atoms with Crippen molar-refractivity contribution in [3.63, 3.8) is 0 Å². The quantitative estimate of drug-likeness (QED) is 0.851. The smallest absolute Gasteiger partial charge is 0.242 e. The zero-order valence-corrected chi connectivity index (χ0v) is 12.5. The van der Waals surface area contributed by atoms with Gasteiger partial charge in [0.05, 0.1) is 10.6 Å². The predicted molar refractivity (Wildman–Crippen MR) is 78.1 cm³/mol. The normalized spacial score (nSPS) is 11.6. The van der Waals surface area contributed by atoms with Crippen molar-refractivity contribution >= 4 is 32.9 Å². The van der Waals surface area contributed by atoms with E-state index < -0.39 is 10.0 Å². The summed E-state index contributed by atoms with van der Waals surface area (Å²) in [6.07, 6.45) is 0.565. The van der Waals surface area contributed by atoms with E-state index in [0.29, 0.717) is 17.2 Å². The predicted octanol–water partition coefficient (Wildman–Crippen LogP) is 1.63. The number of amides is 1. The van der Waals surface area contributed by atoms with Crippen molar-refractivity contribution in [1.29, 1.82) is 0 Å². The number of rotatable bonds is 5. The molecule has 6 nitrogen and oxygen atoms in total. The molecule has 1 aromatic carbocycles. The molecule has 0 bridgehead atoms. The monoisotopic (exact) mass is 311 g/mol. The Hall–Kier alpha value is -1.77. The summed E-state index contributed by atoms with van der Waals surface area (Å²) in [5, 5.41) is 4.77. The van der Waals surface area contributed by atoms with Crippen molar-refractivity contribution in [2.75, 3.05) is 19.4 Å². The van der Waals surface area contributed by atoms with Crippen molar-refractivity contribution in [2.45, 2.75) is 4.90 Å². The number of carbonyl (C=O) groups is 1. The van der Waals surface area contributed by atoms with Crippen LogP contribution in [0.25, 0.3) is 11.3 Å². The third-order valence-electron chi connectivity index (χ3n) is 2.62. The number of nitrogens with zero attached hydrogens (tertiary/aromatic N) is 2. The third-order valence-corrected chi connectivity index (χ3v) is 5.22. The van der Waals surface area contributed by atoms with Crippen LogP contribution < -0.4 is 5.32 Å². The van der Waals surface area contributed by atoms with Crippen molar-refractivity contribution in [3.8, 4) is 11.3 Å². The molecule has 106 valence electrons. The molecule has 0 atom stereocenters. The van der Waals surface area contributed by atoms with Gasteiger partial charge in [-0.3, -0.25) is 4.79 Å². The van der Waals surface area contributed by atoms with Crippen molar-refractivity contribution in [2.24, 2.45) is 0 Å². The van der Waals surface area contributed by atoms with E-state index in [2.05, 4.69) is 10.3 Å². The Morgan fingerprint density at radius 3 is 2.45 bits per heavy atom. The molecule has 0 aliphatic carbocycles. The Kier molecular flexibility index (Phi) is 4.17. The van der Waals surface area contributed by atoms with Gasteiger partial charge in [-0.05, 0) is 12.1 Å². The Bertz CT molecular complexity index is 706. The Morgan fingerprint density at radius 1 is 1.25 bits per heavy atom. The minimum atomic E-state index is -3.42. The van der Waals surface area contributed by atoms with Crippen molar-refractivity contribution < 1.29 is 13.2 Å². The van der Waals surface area contributed by atoms with Crippen LogP contribution in [0.2, 0.25) is 0 Å². The number of hydrogen-bond donors (Lipinski definition) is 1. The number of anilines is 1. The van der Waals surface area contributed by atoms with Crippen LogP contribution in [0.15, 0.2) is 34.5 Å². The molecule has 1 N–H and O–H groups in total. The molecule has 2 rings (SSSR count). The molecule has 20 heavy (non-hydrogen) atoms. The van der Waals surface area contributed by atoms with E-state index >= 15 is 0 Å². The fourth-order valence-corrected chi connectivity index (χ4v) is 3.11. The Labute approximate surface area is 121 Å². The second-order valence-corrected chi connectivity index (χ2v) is 7.12. The van der Waals surface area contributed by atoms with Crippen molar-refractivity contribution in [3.05, 3.63) is 29.6 Å². The van der Waals surface area contributed by atoms with Crippen LogP contribution in [0.1, 0.15) is 0 Å². The van der Waals surface area contributed by atoms with Gasteiger partial charge in [0, 0.05) is 25.0 Å². The highest BCUT2D eigenvalue weighted by Gasteiger charge is 2.16. The molecule has 0 aliphatic rings. The van der Waals surface area contributed by atoms with E-state index in [9.17, 15) is 13.2 Å². The number of nitrogens with one attached hydrogen (secondary N) is 1. The fraction of sp³-hybridized carbons (Fsp3) is 0.167. The highest BCUT2D eigenvalue weighted by molar-refractivity contribution is 7.89. The number of carbonyl (C=O) groups excluding carboxylic acids is 1. The first-order chi connectivity index (χ1) is 9.45. The molecule has 1 amide bonds. The maximum atomic E-state index is 11.9. The van der Waals surface area contributed by atoms with Gasteiger partial charge in [0.2, 0.25) is 16.4 Å². The molecule has 2 aromatic rings. The van der Waals surface area contributed by atoms with Gasteiger partial charge in [0.25, 0.3) is 0 Å². The van der Waals surface area contributed by atoms with Gasteiger partial charge in [0.1, 0.15) is 0 Å². The maximum Gasteiger partial charge on any atom is 0.242 e. The van der Waals surface area contributed by atoms with E-state index in [-0.39, 0.29) is 4.90 Å². The maximum absolute atomic E-state index is 11.9. The highest BCUT2D eigenvalue weighted by Crippen LogP contribution is 2.26. The van der Waals surface area contributed by atoms with E-state index in [4.69, 9.17) is 0 Å². The van der Waals surface area contributed by atoms with Crippen LogP contribution in [0.4, 0.5) is 5.13 Å². The van der Waals surface area contributed by atoms with Crippen LogP contribution in [0, 0.1) is 0 Å². The van der Waals surface area contributed by atoms with E-state index in [1.54, 1.807) is 17.5 Å². The zero-order valence-electron chi connectivity index (χ0n) is 10.9. The summed E-state index contributed by atoms with van der Waals surface area (Å²) in [6, 6.07) is 6.46. The van der Waals surface area contributed by atoms with E-state index in [1.165, 1.54) is 37.6 Å². The summed E-state index contributed by atoms with van der Waals surface area (Å²) in [7, 11) is -0.448. The molecular weight excluding hydrogens is 298 g/mol. The van der Waals surface area contributed by atoms with E-state index in [1.807, 2.05) is 0 Å². The van der Waals surface area contributed by atoms with Gasteiger partial charge in [-0.25, -0.2) is 17.7 Å². The summed E-state index contributed by atoms with van der Waals surface area (Å²) in [5.74, 6) is 0. The standard InChI is InChI=1S/C12H13N3O3S2/c1-15(2)20(17,18)10-5-3-9(4-6-10)11-7-19-12(14-11)13-8-16/h3-8H,1-2H3,(H,13,14,16). The minimum absolute atomic E-state index is 0.229. The van der Waals surface area contributed by atoms with Gasteiger partial charge in [0.15, 0.2) is 5.13 Å². The molecule has 0 fully saturated rings. The second kappa shape index (κ2) is 5.70. The lowest BCUT2D eigenvalue weighted by molar-refractivity contribution is -0.105. The Balaban J connectivity index is 2.30. The van der Waals surface area contributed by atoms with Gasteiger partial charge in [-0.2, -0.15) is 0 Å². The van der Waals surface area contributed by atoms with Crippen LogP contribution in [0.5, 0.6) is 0 Å². The lowest BCUT2D eigenvalue weighted by Crippen LogP contribution is -2.22. The summed E-state index contributed by atoms with van der Waals surface area (Å²) in [4.78, 5) is 14.8. The van der Waals surface area contributed by atoms with Gasteiger partial charge in [-0.1, -0.05) is 12.1 Å². The van der Waals surface area contributed by atoms with Gasteiger partial charge in [-0.15, -0.1) is 11.3 Å². The summed E-state index contributed by atoms with van der Waals surface area (Å²) in [5.41, 5.74) is 1.48. The summed E-state index contributed by atoms with van der Waals surface area (Å²) in [6.45, 7) is 0. The number of sulfonamides is 1. The third kappa shape index (κ3) is 2.87. The topological polar surface area (TPSA) is 79.4 Å².